The lowest BCUT2D eigenvalue weighted by molar-refractivity contribution is 0.350. The minimum Gasteiger partial charge on any atom is -0.493 e. The summed E-state index contributed by atoms with van der Waals surface area (Å²) in [5.41, 5.74) is 1.09. The highest BCUT2D eigenvalue weighted by Crippen LogP contribution is 2.34. The van der Waals surface area contributed by atoms with Crippen LogP contribution in [-0.4, -0.2) is 34.4 Å². The number of methoxy groups -OCH3 is 2. The Kier molecular flexibility index (Phi) is 7.08. The average molecular weight is 317 g/mol. The van der Waals surface area contributed by atoms with E-state index in [1.54, 1.807) is 14.2 Å². The van der Waals surface area contributed by atoms with Gasteiger partial charge in [-0.05, 0) is 38.7 Å². The van der Waals surface area contributed by atoms with Crippen molar-refractivity contribution >= 4 is 15.9 Å². The predicted octanol–water partition coefficient (Wildman–Crippen LogP) is 2.17. The second-order valence-corrected chi connectivity index (χ2v) is 4.85. The van der Waals surface area contributed by atoms with Gasteiger partial charge in [-0.1, -0.05) is 15.9 Å². The van der Waals surface area contributed by atoms with Gasteiger partial charge in [0.1, 0.15) is 0 Å². The molecule has 0 unspecified atom stereocenters. The largest absolute Gasteiger partial charge is 0.493 e. The zero-order valence-corrected chi connectivity index (χ0v) is 12.8. The summed E-state index contributed by atoms with van der Waals surface area (Å²) < 4.78 is 11.7. The van der Waals surface area contributed by atoms with Crippen LogP contribution in [0.25, 0.3) is 0 Å². The van der Waals surface area contributed by atoms with Gasteiger partial charge in [0.2, 0.25) is 0 Å². The quantitative estimate of drug-likeness (QED) is 0.721. The standard InChI is InChI=1S/C13H21BrN2O2/c1-15-5-4-6-16-9-10-7-11(14)8-12(17-2)13(10)18-3/h7-8,15-16H,4-6,9H2,1-3H3. The SMILES string of the molecule is CNCCCNCc1cc(Br)cc(OC)c1OC. The van der Waals surface area contributed by atoms with Gasteiger partial charge in [0.15, 0.2) is 11.5 Å². The third kappa shape index (κ3) is 4.48. The maximum atomic E-state index is 5.40. The van der Waals surface area contributed by atoms with E-state index in [4.69, 9.17) is 9.47 Å². The Balaban J connectivity index is 2.65. The van der Waals surface area contributed by atoms with Gasteiger partial charge in [-0.15, -0.1) is 0 Å². The smallest absolute Gasteiger partial charge is 0.165 e. The Morgan fingerprint density at radius 2 is 1.94 bits per heavy atom. The molecule has 0 saturated carbocycles. The van der Waals surface area contributed by atoms with Crippen LogP contribution in [-0.2, 0) is 6.54 Å². The molecule has 18 heavy (non-hydrogen) atoms. The normalized spacial score (nSPS) is 10.4. The second-order valence-electron chi connectivity index (χ2n) is 3.93. The van der Waals surface area contributed by atoms with Gasteiger partial charge in [0.25, 0.3) is 0 Å². The average Bonchev–Trinajstić information content (AvgIpc) is 2.37. The summed E-state index contributed by atoms with van der Waals surface area (Å²) in [7, 11) is 5.27. The van der Waals surface area contributed by atoms with Crippen molar-refractivity contribution in [3.8, 4) is 11.5 Å². The number of rotatable bonds is 8. The molecular formula is C13H21BrN2O2. The Labute approximate surface area is 117 Å². The molecule has 0 atom stereocenters. The van der Waals surface area contributed by atoms with E-state index in [0.29, 0.717) is 0 Å². The van der Waals surface area contributed by atoms with E-state index in [0.717, 1.165) is 47.6 Å². The van der Waals surface area contributed by atoms with Crippen molar-refractivity contribution in [2.75, 3.05) is 34.4 Å². The van der Waals surface area contributed by atoms with Crippen LogP contribution in [0, 0.1) is 0 Å². The van der Waals surface area contributed by atoms with E-state index in [9.17, 15) is 0 Å². The Bertz CT molecular complexity index is 372. The summed E-state index contributed by atoms with van der Waals surface area (Å²) in [5, 5.41) is 6.52. The van der Waals surface area contributed by atoms with E-state index in [1.165, 1.54) is 0 Å². The Hall–Kier alpha value is -0.780. The van der Waals surface area contributed by atoms with Crippen LogP contribution in [0.15, 0.2) is 16.6 Å². The first-order valence-corrected chi connectivity index (χ1v) is 6.78. The number of nitrogens with one attached hydrogen (secondary N) is 2. The monoisotopic (exact) mass is 316 g/mol. The molecule has 0 bridgehead atoms. The minimum absolute atomic E-state index is 0.749. The number of halogens is 1. The third-order valence-electron chi connectivity index (χ3n) is 2.62. The van der Waals surface area contributed by atoms with Gasteiger partial charge in [0, 0.05) is 16.6 Å². The van der Waals surface area contributed by atoms with Gasteiger partial charge in [-0.3, -0.25) is 0 Å². The highest BCUT2D eigenvalue weighted by molar-refractivity contribution is 9.10. The summed E-state index contributed by atoms with van der Waals surface area (Å²) in [4.78, 5) is 0. The van der Waals surface area contributed by atoms with E-state index in [1.807, 2.05) is 19.2 Å². The van der Waals surface area contributed by atoms with Crippen molar-refractivity contribution in [3.63, 3.8) is 0 Å². The third-order valence-corrected chi connectivity index (χ3v) is 3.07. The topological polar surface area (TPSA) is 42.5 Å². The summed E-state index contributed by atoms with van der Waals surface area (Å²) >= 11 is 3.48. The summed E-state index contributed by atoms with van der Waals surface area (Å²) in [6, 6.07) is 3.95. The number of benzene rings is 1. The Morgan fingerprint density at radius 1 is 1.17 bits per heavy atom. The van der Waals surface area contributed by atoms with Crippen molar-refractivity contribution < 1.29 is 9.47 Å². The van der Waals surface area contributed by atoms with Crippen LogP contribution >= 0.6 is 15.9 Å². The van der Waals surface area contributed by atoms with Crippen molar-refractivity contribution in [3.05, 3.63) is 22.2 Å². The lowest BCUT2D eigenvalue weighted by atomic mass is 10.2. The fraction of sp³-hybridized carbons (Fsp3) is 0.538. The summed E-state index contributed by atoms with van der Waals surface area (Å²) in [6.45, 7) is 2.76. The minimum atomic E-state index is 0.749. The highest BCUT2D eigenvalue weighted by atomic mass is 79.9. The molecule has 0 fully saturated rings. The van der Waals surface area contributed by atoms with Gasteiger partial charge in [-0.2, -0.15) is 0 Å². The van der Waals surface area contributed by atoms with Crippen LogP contribution in [0.1, 0.15) is 12.0 Å². The number of hydrogen-bond donors (Lipinski definition) is 2. The second kappa shape index (κ2) is 8.34. The van der Waals surface area contributed by atoms with Gasteiger partial charge < -0.3 is 20.1 Å². The van der Waals surface area contributed by atoms with Gasteiger partial charge in [-0.25, -0.2) is 0 Å². The van der Waals surface area contributed by atoms with Crippen molar-refractivity contribution in [1.29, 1.82) is 0 Å². The maximum absolute atomic E-state index is 5.40. The molecular weight excluding hydrogens is 296 g/mol. The molecule has 1 aromatic carbocycles. The first-order valence-electron chi connectivity index (χ1n) is 5.98. The predicted molar refractivity (Wildman–Crippen MR) is 77.5 cm³/mol. The molecule has 102 valence electrons. The molecule has 1 aromatic rings. The zero-order valence-electron chi connectivity index (χ0n) is 11.2. The first-order chi connectivity index (χ1) is 8.72. The first kappa shape index (κ1) is 15.3. The molecule has 0 radical (unpaired) electrons. The molecule has 2 N–H and O–H groups in total. The molecule has 0 saturated heterocycles. The molecule has 0 aliphatic heterocycles. The zero-order chi connectivity index (χ0) is 13.4. The molecule has 0 aliphatic carbocycles. The number of ether oxygens (including phenoxy) is 2. The fourth-order valence-corrected chi connectivity index (χ4v) is 2.23. The van der Waals surface area contributed by atoms with Crippen LogP contribution < -0.4 is 20.1 Å². The Morgan fingerprint density at radius 3 is 2.56 bits per heavy atom. The summed E-state index contributed by atoms with van der Waals surface area (Å²) in [6.07, 6.45) is 1.10. The van der Waals surface area contributed by atoms with Crippen LogP contribution in [0.5, 0.6) is 11.5 Å². The highest BCUT2D eigenvalue weighted by Gasteiger charge is 2.11. The van der Waals surface area contributed by atoms with Crippen LogP contribution in [0.2, 0.25) is 0 Å². The lowest BCUT2D eigenvalue weighted by Gasteiger charge is -2.14. The van der Waals surface area contributed by atoms with Crippen molar-refractivity contribution in [2.45, 2.75) is 13.0 Å². The molecule has 0 aromatic heterocycles. The molecule has 1 rings (SSSR count). The molecule has 0 amide bonds. The van der Waals surface area contributed by atoms with Crippen molar-refractivity contribution in [1.82, 2.24) is 10.6 Å². The number of hydrogen-bond acceptors (Lipinski definition) is 4. The van der Waals surface area contributed by atoms with Gasteiger partial charge >= 0.3 is 0 Å². The molecule has 5 heteroatoms. The molecule has 0 heterocycles. The van der Waals surface area contributed by atoms with E-state index >= 15 is 0 Å². The fourth-order valence-electron chi connectivity index (χ4n) is 1.75. The molecule has 4 nitrogen and oxygen atoms in total. The molecule has 0 aliphatic rings. The van der Waals surface area contributed by atoms with Crippen LogP contribution in [0.3, 0.4) is 0 Å². The van der Waals surface area contributed by atoms with E-state index in [-0.39, 0.29) is 0 Å². The van der Waals surface area contributed by atoms with Gasteiger partial charge in [0.05, 0.1) is 14.2 Å². The lowest BCUT2D eigenvalue weighted by Crippen LogP contribution is -2.19. The van der Waals surface area contributed by atoms with Crippen molar-refractivity contribution in [2.24, 2.45) is 0 Å². The van der Waals surface area contributed by atoms with E-state index < -0.39 is 0 Å². The van der Waals surface area contributed by atoms with E-state index in [2.05, 4.69) is 26.6 Å². The van der Waals surface area contributed by atoms with Crippen LogP contribution in [0.4, 0.5) is 0 Å². The molecule has 0 spiro atoms. The maximum Gasteiger partial charge on any atom is 0.165 e. The summed E-state index contributed by atoms with van der Waals surface area (Å²) in [5.74, 6) is 1.54.